The maximum Gasteiger partial charge on any atom is 0.416 e. The van der Waals surface area contributed by atoms with Gasteiger partial charge < -0.3 is 15.2 Å². The number of alkyl halides is 3. The number of hydrogen-bond acceptors (Lipinski definition) is 3. The maximum absolute atomic E-state index is 12.2. The molecule has 1 aliphatic carbocycles. The first-order chi connectivity index (χ1) is 10.4. The zero-order valence-corrected chi connectivity index (χ0v) is 12.4. The number of benzene rings is 1. The Kier molecular flexibility index (Phi) is 5.94. The lowest BCUT2D eigenvalue weighted by Gasteiger charge is -2.22. The van der Waals surface area contributed by atoms with E-state index in [1.807, 2.05) is 0 Å². The van der Waals surface area contributed by atoms with Gasteiger partial charge in [-0.25, -0.2) is 0 Å². The number of anilines is 1. The van der Waals surface area contributed by atoms with E-state index in [0.29, 0.717) is 24.0 Å². The summed E-state index contributed by atoms with van der Waals surface area (Å²) in [5.74, 6) is 1.20. The van der Waals surface area contributed by atoms with E-state index in [4.69, 9.17) is 9.84 Å². The van der Waals surface area contributed by atoms with Crippen LogP contribution >= 0.6 is 0 Å². The maximum atomic E-state index is 12.2. The van der Waals surface area contributed by atoms with Gasteiger partial charge in [0.25, 0.3) is 0 Å². The lowest BCUT2D eigenvalue weighted by Crippen LogP contribution is -2.34. The van der Waals surface area contributed by atoms with Gasteiger partial charge in [0.1, 0.15) is 5.75 Å². The highest BCUT2D eigenvalue weighted by Gasteiger charge is 2.37. The first kappa shape index (κ1) is 16.9. The lowest BCUT2D eigenvalue weighted by molar-refractivity contribution is -0.198. The van der Waals surface area contributed by atoms with Gasteiger partial charge in [-0.3, -0.25) is 0 Å². The Hall–Kier alpha value is -1.43. The van der Waals surface area contributed by atoms with Gasteiger partial charge in [-0.05, 0) is 30.9 Å². The summed E-state index contributed by atoms with van der Waals surface area (Å²) in [5.41, 5.74) is 0.504. The molecule has 0 bridgehead atoms. The zero-order valence-electron chi connectivity index (χ0n) is 12.4. The molecule has 2 rings (SSSR count). The van der Waals surface area contributed by atoms with Gasteiger partial charge in [-0.15, -0.1) is 0 Å². The number of rotatable bonds is 6. The Morgan fingerprint density at radius 1 is 1.23 bits per heavy atom. The van der Waals surface area contributed by atoms with Crippen molar-refractivity contribution in [2.45, 2.75) is 44.4 Å². The highest BCUT2D eigenvalue weighted by atomic mass is 19.4. The number of ether oxygens (including phenoxy) is 1. The van der Waals surface area contributed by atoms with Crippen LogP contribution in [0.1, 0.15) is 32.1 Å². The Labute approximate surface area is 128 Å². The van der Waals surface area contributed by atoms with Gasteiger partial charge in [0.2, 0.25) is 0 Å². The molecule has 1 aromatic carbocycles. The molecule has 1 atom stereocenters. The Morgan fingerprint density at radius 3 is 2.64 bits per heavy atom. The second kappa shape index (κ2) is 7.72. The van der Waals surface area contributed by atoms with Crippen LogP contribution in [0.4, 0.5) is 18.9 Å². The van der Waals surface area contributed by atoms with E-state index < -0.39 is 18.8 Å². The molecule has 0 aromatic heterocycles. The molecule has 1 fully saturated rings. The molecule has 3 nitrogen and oxygen atoms in total. The largest absolute Gasteiger partial charge is 0.493 e. The van der Waals surface area contributed by atoms with Crippen molar-refractivity contribution < 1.29 is 23.0 Å². The molecule has 1 unspecified atom stereocenters. The van der Waals surface area contributed by atoms with Crippen molar-refractivity contribution in [2.75, 3.05) is 18.5 Å². The van der Waals surface area contributed by atoms with E-state index >= 15 is 0 Å². The minimum Gasteiger partial charge on any atom is -0.493 e. The average Bonchev–Trinajstić information content (AvgIpc) is 2.51. The zero-order chi connectivity index (χ0) is 16.0. The highest BCUT2D eigenvalue weighted by molar-refractivity contribution is 5.48. The van der Waals surface area contributed by atoms with Crippen molar-refractivity contribution >= 4 is 5.69 Å². The van der Waals surface area contributed by atoms with Crippen molar-refractivity contribution in [3.05, 3.63) is 24.3 Å². The fourth-order valence-corrected chi connectivity index (χ4v) is 2.59. The minimum atomic E-state index is -4.61. The summed E-state index contributed by atoms with van der Waals surface area (Å²) in [6.07, 6.45) is -0.861. The predicted molar refractivity (Wildman–Crippen MR) is 79.1 cm³/mol. The van der Waals surface area contributed by atoms with Gasteiger partial charge >= 0.3 is 6.18 Å². The van der Waals surface area contributed by atoms with Crippen molar-refractivity contribution in [2.24, 2.45) is 5.92 Å². The van der Waals surface area contributed by atoms with Crippen LogP contribution in [0.15, 0.2) is 24.3 Å². The number of hydrogen-bond donors (Lipinski definition) is 2. The molecule has 0 spiro atoms. The van der Waals surface area contributed by atoms with E-state index in [0.717, 1.165) is 0 Å². The molecular formula is C16H22F3NO2. The van der Waals surface area contributed by atoms with Crippen LogP contribution in [0.25, 0.3) is 0 Å². The second-order valence-corrected chi connectivity index (χ2v) is 5.78. The molecular weight excluding hydrogens is 295 g/mol. The Balaban J connectivity index is 1.81. The number of halogens is 3. The second-order valence-electron chi connectivity index (χ2n) is 5.78. The van der Waals surface area contributed by atoms with Crippen molar-refractivity contribution in [1.29, 1.82) is 0 Å². The lowest BCUT2D eigenvalue weighted by atomic mass is 9.90. The van der Waals surface area contributed by atoms with E-state index in [-0.39, 0.29) is 0 Å². The van der Waals surface area contributed by atoms with Crippen LogP contribution in [0.2, 0.25) is 0 Å². The smallest absolute Gasteiger partial charge is 0.416 e. The molecule has 0 aliphatic heterocycles. The average molecular weight is 317 g/mol. The summed E-state index contributed by atoms with van der Waals surface area (Å²) in [7, 11) is 0. The van der Waals surface area contributed by atoms with E-state index in [1.165, 1.54) is 32.1 Å². The van der Waals surface area contributed by atoms with Crippen LogP contribution < -0.4 is 10.1 Å². The molecule has 0 saturated heterocycles. The Morgan fingerprint density at radius 2 is 1.95 bits per heavy atom. The summed E-state index contributed by atoms with van der Waals surface area (Å²) in [6, 6.07) is 6.81. The van der Waals surface area contributed by atoms with Gasteiger partial charge in [0.05, 0.1) is 6.61 Å². The minimum absolute atomic E-state index is 0.504. The van der Waals surface area contributed by atoms with Gasteiger partial charge in [-0.1, -0.05) is 25.3 Å². The standard InChI is InChI=1S/C16H22F3NO2/c17-16(18,19)15(21)10-20-13-7-4-8-14(9-13)22-11-12-5-2-1-3-6-12/h4,7-9,12,15,20-21H,1-3,5-6,10-11H2. The van der Waals surface area contributed by atoms with Gasteiger partial charge in [0, 0.05) is 18.3 Å². The van der Waals surface area contributed by atoms with Gasteiger partial charge in [0.15, 0.2) is 6.10 Å². The van der Waals surface area contributed by atoms with E-state index in [2.05, 4.69) is 5.32 Å². The van der Waals surface area contributed by atoms with Crippen LogP contribution in [-0.2, 0) is 0 Å². The predicted octanol–water partition coefficient (Wildman–Crippen LogP) is 3.98. The first-order valence-electron chi connectivity index (χ1n) is 7.66. The first-order valence-corrected chi connectivity index (χ1v) is 7.66. The molecule has 1 aromatic rings. The molecule has 6 heteroatoms. The third kappa shape index (κ3) is 5.40. The molecule has 22 heavy (non-hydrogen) atoms. The van der Waals surface area contributed by atoms with Crippen molar-refractivity contribution in [1.82, 2.24) is 0 Å². The number of aliphatic hydroxyl groups excluding tert-OH is 1. The monoisotopic (exact) mass is 317 g/mol. The molecule has 1 aliphatic rings. The van der Waals surface area contributed by atoms with E-state index in [9.17, 15) is 13.2 Å². The van der Waals surface area contributed by atoms with Crippen LogP contribution in [0, 0.1) is 5.92 Å². The third-order valence-electron chi connectivity index (χ3n) is 3.92. The number of nitrogens with one attached hydrogen (secondary N) is 1. The normalized spacial score (nSPS) is 18.0. The SMILES string of the molecule is OC(CNc1cccc(OCC2CCCCC2)c1)C(F)(F)F. The summed E-state index contributed by atoms with van der Waals surface area (Å²) in [4.78, 5) is 0. The molecule has 0 heterocycles. The fourth-order valence-electron chi connectivity index (χ4n) is 2.59. The fraction of sp³-hybridized carbons (Fsp3) is 0.625. The summed E-state index contributed by atoms with van der Waals surface area (Å²) < 4.78 is 42.5. The number of aliphatic hydroxyl groups is 1. The van der Waals surface area contributed by atoms with E-state index in [1.54, 1.807) is 24.3 Å². The van der Waals surface area contributed by atoms with Crippen LogP contribution in [-0.4, -0.2) is 30.5 Å². The van der Waals surface area contributed by atoms with Crippen molar-refractivity contribution in [3.63, 3.8) is 0 Å². The molecule has 0 amide bonds. The summed E-state index contributed by atoms with van der Waals surface area (Å²) >= 11 is 0. The molecule has 1 saturated carbocycles. The van der Waals surface area contributed by atoms with Crippen LogP contribution in [0.5, 0.6) is 5.75 Å². The van der Waals surface area contributed by atoms with Crippen LogP contribution in [0.3, 0.4) is 0 Å². The summed E-state index contributed by atoms with van der Waals surface area (Å²) in [6.45, 7) is 0.0736. The molecule has 2 N–H and O–H groups in total. The topological polar surface area (TPSA) is 41.5 Å². The highest BCUT2D eigenvalue weighted by Crippen LogP contribution is 2.26. The molecule has 0 radical (unpaired) electrons. The Bertz CT molecular complexity index is 459. The third-order valence-corrected chi connectivity index (χ3v) is 3.92. The summed E-state index contributed by atoms with van der Waals surface area (Å²) in [5, 5.41) is 11.6. The molecule has 124 valence electrons. The van der Waals surface area contributed by atoms with Crippen molar-refractivity contribution in [3.8, 4) is 5.75 Å². The van der Waals surface area contributed by atoms with Gasteiger partial charge in [-0.2, -0.15) is 13.2 Å². The quantitative estimate of drug-likeness (QED) is 0.834.